The fourth-order valence-electron chi connectivity index (χ4n) is 1.11. The smallest absolute Gasteiger partial charge is 0.239 e. The monoisotopic (exact) mass is 313 g/mol. The Morgan fingerprint density at radius 1 is 1.33 bits per heavy atom. The van der Waals surface area contributed by atoms with E-state index in [2.05, 4.69) is 0 Å². The van der Waals surface area contributed by atoms with Gasteiger partial charge in [-0.25, -0.2) is 13.6 Å². The molecule has 0 aromatic heterocycles. The minimum Gasteiger partial charge on any atom is -0.489 e. The van der Waals surface area contributed by atoms with Gasteiger partial charge in [0.05, 0.1) is 16.1 Å². The summed E-state index contributed by atoms with van der Waals surface area (Å²) in [5, 5.41) is 5.07. The third-order valence-electron chi connectivity index (χ3n) is 2.17. The standard InChI is InChI=1S/C10H13Cl2NO4S/c1-6(16-2)5-17-9-3-8(12)10(4-7(9)11)18(13,14)15/h3-4,6H,5H2,1-2H3,(H2,13,14,15). The topological polar surface area (TPSA) is 78.6 Å². The number of hydrogen-bond donors (Lipinski definition) is 1. The molecule has 0 bridgehead atoms. The van der Waals surface area contributed by atoms with Crippen LogP contribution in [-0.4, -0.2) is 28.2 Å². The molecule has 0 spiro atoms. The minimum absolute atomic E-state index is 0.0398. The molecule has 1 unspecified atom stereocenters. The van der Waals surface area contributed by atoms with Gasteiger partial charge < -0.3 is 9.47 Å². The van der Waals surface area contributed by atoms with Crippen LogP contribution in [0.3, 0.4) is 0 Å². The van der Waals surface area contributed by atoms with E-state index in [-0.39, 0.29) is 33.4 Å². The molecule has 0 saturated heterocycles. The molecule has 1 aromatic rings. The summed E-state index contributed by atoms with van der Waals surface area (Å²) >= 11 is 11.7. The molecule has 0 saturated carbocycles. The van der Waals surface area contributed by atoms with Gasteiger partial charge in [0.15, 0.2) is 0 Å². The van der Waals surface area contributed by atoms with Crippen LogP contribution in [0.2, 0.25) is 10.0 Å². The summed E-state index contributed by atoms with van der Waals surface area (Å²) in [5.41, 5.74) is 0. The number of rotatable bonds is 5. The van der Waals surface area contributed by atoms with Crippen molar-refractivity contribution in [3.63, 3.8) is 0 Å². The molecule has 0 radical (unpaired) electrons. The second kappa shape index (κ2) is 6.08. The summed E-state index contributed by atoms with van der Waals surface area (Å²) in [7, 11) is -2.36. The molecule has 5 nitrogen and oxygen atoms in total. The second-order valence-corrected chi connectivity index (χ2v) is 5.96. The Balaban J connectivity index is 3.01. The molecule has 0 aliphatic carbocycles. The van der Waals surface area contributed by atoms with E-state index in [0.29, 0.717) is 0 Å². The van der Waals surface area contributed by atoms with Gasteiger partial charge in [0, 0.05) is 13.2 Å². The Morgan fingerprint density at radius 2 is 1.94 bits per heavy atom. The first-order chi connectivity index (χ1) is 8.25. The van der Waals surface area contributed by atoms with E-state index in [4.69, 9.17) is 37.8 Å². The van der Waals surface area contributed by atoms with Crippen LogP contribution < -0.4 is 9.88 Å². The molecule has 0 aliphatic rings. The van der Waals surface area contributed by atoms with Crippen LogP contribution in [0.5, 0.6) is 5.75 Å². The first kappa shape index (κ1) is 15.5. The van der Waals surface area contributed by atoms with Gasteiger partial charge in [-0.3, -0.25) is 0 Å². The molecule has 0 heterocycles. The van der Waals surface area contributed by atoms with Crippen LogP contribution in [0.1, 0.15) is 6.92 Å². The Kier molecular flexibility index (Phi) is 5.24. The van der Waals surface area contributed by atoms with Gasteiger partial charge in [-0.2, -0.15) is 0 Å². The van der Waals surface area contributed by atoms with E-state index < -0.39 is 10.0 Å². The van der Waals surface area contributed by atoms with Crippen molar-refractivity contribution in [2.75, 3.05) is 13.7 Å². The maximum absolute atomic E-state index is 11.2. The molecule has 0 aliphatic heterocycles. The maximum atomic E-state index is 11.2. The number of benzene rings is 1. The van der Waals surface area contributed by atoms with Gasteiger partial charge in [-0.1, -0.05) is 23.2 Å². The summed E-state index contributed by atoms with van der Waals surface area (Å²) < 4.78 is 32.8. The van der Waals surface area contributed by atoms with Crippen LogP contribution in [0, 0.1) is 0 Å². The fraction of sp³-hybridized carbons (Fsp3) is 0.400. The molecule has 0 amide bonds. The van der Waals surface area contributed by atoms with E-state index in [0.717, 1.165) is 6.07 Å². The first-order valence-corrected chi connectivity index (χ1v) is 7.23. The zero-order valence-corrected chi connectivity index (χ0v) is 12.1. The zero-order chi connectivity index (χ0) is 13.9. The highest BCUT2D eigenvalue weighted by atomic mass is 35.5. The number of nitrogens with two attached hydrogens (primary N) is 1. The van der Waals surface area contributed by atoms with E-state index in [9.17, 15) is 8.42 Å². The summed E-state index contributed by atoms with van der Waals surface area (Å²) in [5.74, 6) is 0.276. The lowest BCUT2D eigenvalue weighted by Gasteiger charge is -2.13. The number of halogens is 2. The van der Waals surface area contributed by atoms with Crippen molar-refractivity contribution in [1.29, 1.82) is 0 Å². The van der Waals surface area contributed by atoms with E-state index in [1.165, 1.54) is 6.07 Å². The maximum Gasteiger partial charge on any atom is 0.239 e. The third kappa shape index (κ3) is 4.00. The van der Waals surface area contributed by atoms with Crippen molar-refractivity contribution in [3.05, 3.63) is 22.2 Å². The van der Waals surface area contributed by atoms with Crippen LogP contribution >= 0.6 is 23.2 Å². The predicted molar refractivity (Wildman–Crippen MR) is 69.8 cm³/mol. The van der Waals surface area contributed by atoms with Gasteiger partial charge in [-0.15, -0.1) is 0 Å². The highest BCUT2D eigenvalue weighted by molar-refractivity contribution is 7.89. The largest absolute Gasteiger partial charge is 0.489 e. The highest BCUT2D eigenvalue weighted by Crippen LogP contribution is 2.33. The van der Waals surface area contributed by atoms with Crippen LogP contribution in [0.25, 0.3) is 0 Å². The summed E-state index contributed by atoms with van der Waals surface area (Å²) in [6.07, 6.45) is -0.127. The summed E-state index contributed by atoms with van der Waals surface area (Å²) in [4.78, 5) is -0.235. The van der Waals surface area contributed by atoms with Gasteiger partial charge >= 0.3 is 0 Å². The molecule has 0 fully saturated rings. The normalized spacial score (nSPS) is 13.4. The van der Waals surface area contributed by atoms with Gasteiger partial charge in [0.1, 0.15) is 17.3 Å². The first-order valence-electron chi connectivity index (χ1n) is 4.93. The van der Waals surface area contributed by atoms with Crippen LogP contribution in [0.4, 0.5) is 0 Å². The third-order valence-corrected chi connectivity index (χ3v) is 3.84. The zero-order valence-electron chi connectivity index (χ0n) is 9.81. The van der Waals surface area contributed by atoms with Crippen LogP contribution in [-0.2, 0) is 14.8 Å². The Hall–Kier alpha value is -0.530. The minimum atomic E-state index is -3.91. The summed E-state index contributed by atoms with van der Waals surface area (Å²) in [6, 6.07) is 2.47. The van der Waals surface area contributed by atoms with Crippen molar-refractivity contribution in [2.24, 2.45) is 5.14 Å². The Bertz CT molecular complexity index is 533. The number of sulfonamides is 1. The lowest BCUT2D eigenvalue weighted by molar-refractivity contribution is 0.0717. The molecule has 1 rings (SSSR count). The van der Waals surface area contributed by atoms with Gasteiger partial charge in [0.25, 0.3) is 0 Å². The SMILES string of the molecule is COC(C)COc1cc(Cl)c(S(N)(=O)=O)cc1Cl. The number of methoxy groups -OCH3 is 1. The molecule has 18 heavy (non-hydrogen) atoms. The fourth-order valence-corrected chi connectivity index (χ4v) is 2.49. The molecular weight excluding hydrogens is 301 g/mol. The molecule has 8 heteroatoms. The Morgan fingerprint density at radius 3 is 2.44 bits per heavy atom. The van der Waals surface area contributed by atoms with Crippen molar-refractivity contribution >= 4 is 33.2 Å². The number of hydrogen-bond acceptors (Lipinski definition) is 4. The average Bonchev–Trinajstić information content (AvgIpc) is 2.27. The molecule has 1 atom stereocenters. The molecule has 1 aromatic carbocycles. The summed E-state index contributed by atoms with van der Waals surface area (Å²) in [6.45, 7) is 2.08. The quantitative estimate of drug-likeness (QED) is 0.902. The van der Waals surface area contributed by atoms with Crippen molar-refractivity contribution in [3.8, 4) is 5.75 Å². The highest BCUT2D eigenvalue weighted by Gasteiger charge is 2.17. The van der Waals surface area contributed by atoms with Gasteiger partial charge in [-0.05, 0) is 13.0 Å². The van der Waals surface area contributed by atoms with Crippen LogP contribution in [0.15, 0.2) is 17.0 Å². The molecule has 102 valence electrons. The average molecular weight is 314 g/mol. The molecular formula is C10H13Cl2NO4S. The number of primary sulfonamides is 1. The molecule has 2 N–H and O–H groups in total. The second-order valence-electron chi connectivity index (χ2n) is 3.62. The lowest BCUT2D eigenvalue weighted by atomic mass is 10.3. The van der Waals surface area contributed by atoms with Gasteiger partial charge in [0.2, 0.25) is 10.0 Å². The lowest BCUT2D eigenvalue weighted by Crippen LogP contribution is -2.16. The van der Waals surface area contributed by atoms with Crippen molar-refractivity contribution < 1.29 is 17.9 Å². The van der Waals surface area contributed by atoms with Crippen molar-refractivity contribution in [1.82, 2.24) is 0 Å². The van der Waals surface area contributed by atoms with E-state index >= 15 is 0 Å². The Labute approximate surface area is 116 Å². The van der Waals surface area contributed by atoms with E-state index in [1.807, 2.05) is 6.92 Å². The number of ether oxygens (including phenoxy) is 2. The van der Waals surface area contributed by atoms with Crippen molar-refractivity contribution in [2.45, 2.75) is 17.9 Å². The predicted octanol–water partition coefficient (Wildman–Crippen LogP) is 2.05. The van der Waals surface area contributed by atoms with E-state index in [1.54, 1.807) is 7.11 Å².